The topological polar surface area (TPSA) is 80.7 Å². The van der Waals surface area contributed by atoms with Crippen molar-refractivity contribution < 1.29 is 9.34 Å². The number of aryl methyl sites for hydroxylation is 1. The summed E-state index contributed by atoms with van der Waals surface area (Å²) >= 11 is 0. The Labute approximate surface area is 109 Å². The molecule has 0 amide bonds. The second-order valence-corrected chi connectivity index (χ2v) is 4.07. The summed E-state index contributed by atoms with van der Waals surface area (Å²) in [5.41, 5.74) is 5.40. The van der Waals surface area contributed by atoms with E-state index in [1.165, 1.54) is 12.1 Å². The van der Waals surface area contributed by atoms with Gasteiger partial charge in [0.2, 0.25) is 0 Å². The summed E-state index contributed by atoms with van der Waals surface area (Å²) in [6.07, 6.45) is 0. The van der Waals surface area contributed by atoms with E-state index < -0.39 is 4.92 Å². The Hall–Kier alpha value is -2.63. The van der Waals surface area contributed by atoms with Crippen LogP contribution in [0.5, 0.6) is 0 Å². The van der Waals surface area contributed by atoms with Gasteiger partial charge in [-0.2, -0.15) is 5.10 Å². The molecule has 0 bridgehead atoms. The maximum atomic E-state index is 10.5. The third kappa shape index (κ3) is 3.19. The van der Waals surface area contributed by atoms with Crippen molar-refractivity contribution >= 4 is 17.3 Å². The Bertz CT molecular complexity index is 614. The molecule has 6 heteroatoms. The van der Waals surface area contributed by atoms with Gasteiger partial charge in [0.15, 0.2) is 5.76 Å². The Morgan fingerprint density at radius 2 is 1.95 bits per heavy atom. The van der Waals surface area contributed by atoms with E-state index >= 15 is 0 Å². The van der Waals surface area contributed by atoms with Crippen molar-refractivity contribution in [3.63, 3.8) is 0 Å². The summed E-state index contributed by atoms with van der Waals surface area (Å²) in [6, 6.07) is 10.6. The van der Waals surface area contributed by atoms with Crippen LogP contribution in [0.25, 0.3) is 0 Å². The number of hydrogen-bond donors (Lipinski definition) is 1. The van der Waals surface area contributed by atoms with Gasteiger partial charge in [0.05, 0.1) is 11.8 Å². The molecular weight excluding hydrogens is 246 g/mol. The van der Waals surface area contributed by atoms with Crippen LogP contribution in [0.15, 0.2) is 45.9 Å². The number of hydrogen-bond acceptors (Lipinski definition) is 5. The van der Waals surface area contributed by atoms with Crippen molar-refractivity contribution in [1.29, 1.82) is 0 Å². The van der Waals surface area contributed by atoms with E-state index in [0.717, 1.165) is 11.3 Å². The quantitative estimate of drug-likeness (QED) is 0.518. The second-order valence-electron chi connectivity index (χ2n) is 4.07. The fourth-order valence-electron chi connectivity index (χ4n) is 1.45. The van der Waals surface area contributed by atoms with Crippen LogP contribution in [0.4, 0.5) is 11.6 Å². The standard InChI is InChI=1S/C13H13N3O3/c1-9-3-5-11(6-4-9)15-14-10(2)12-7-8-13(19-12)16(17)18/h3-8,15H,1-2H3. The van der Waals surface area contributed by atoms with E-state index in [1.54, 1.807) is 6.92 Å². The number of nitrogens with one attached hydrogen (secondary N) is 1. The molecule has 0 radical (unpaired) electrons. The maximum Gasteiger partial charge on any atom is 0.433 e. The molecule has 0 aliphatic carbocycles. The molecule has 1 aromatic carbocycles. The number of benzene rings is 1. The van der Waals surface area contributed by atoms with Crippen LogP contribution < -0.4 is 5.43 Å². The van der Waals surface area contributed by atoms with Crippen molar-refractivity contribution in [1.82, 2.24) is 0 Å². The van der Waals surface area contributed by atoms with E-state index in [9.17, 15) is 10.1 Å². The highest BCUT2D eigenvalue weighted by Crippen LogP contribution is 2.16. The molecule has 0 saturated heterocycles. The fourth-order valence-corrected chi connectivity index (χ4v) is 1.45. The van der Waals surface area contributed by atoms with E-state index in [0.29, 0.717) is 11.5 Å². The molecule has 1 heterocycles. The lowest BCUT2D eigenvalue weighted by atomic mass is 10.2. The first-order chi connectivity index (χ1) is 9.06. The first-order valence-electron chi connectivity index (χ1n) is 5.68. The maximum absolute atomic E-state index is 10.5. The second kappa shape index (κ2) is 5.34. The largest absolute Gasteiger partial charge is 0.433 e. The van der Waals surface area contributed by atoms with E-state index in [-0.39, 0.29) is 5.88 Å². The summed E-state index contributed by atoms with van der Waals surface area (Å²) in [7, 11) is 0. The zero-order valence-electron chi connectivity index (χ0n) is 10.6. The van der Waals surface area contributed by atoms with E-state index in [2.05, 4.69) is 10.5 Å². The van der Waals surface area contributed by atoms with Crippen molar-refractivity contribution in [2.24, 2.45) is 5.10 Å². The Kier molecular flexibility index (Phi) is 3.61. The number of rotatable bonds is 4. The fraction of sp³-hybridized carbons (Fsp3) is 0.154. The number of anilines is 1. The molecule has 0 aliphatic rings. The number of hydrazone groups is 1. The van der Waals surface area contributed by atoms with Crippen LogP contribution in [-0.4, -0.2) is 10.6 Å². The highest BCUT2D eigenvalue weighted by Gasteiger charge is 2.13. The summed E-state index contributed by atoms with van der Waals surface area (Å²) in [4.78, 5) is 9.93. The van der Waals surface area contributed by atoms with Gasteiger partial charge in [-0.15, -0.1) is 0 Å². The van der Waals surface area contributed by atoms with Crippen LogP contribution in [0.2, 0.25) is 0 Å². The smallest absolute Gasteiger partial charge is 0.399 e. The SMILES string of the molecule is CC(=NNc1ccc(C)cc1)c1ccc([N+](=O)[O-])o1. The average Bonchev–Trinajstić information content (AvgIpc) is 2.87. The minimum Gasteiger partial charge on any atom is -0.399 e. The Balaban J connectivity index is 2.09. The van der Waals surface area contributed by atoms with Crippen LogP contribution in [0.1, 0.15) is 18.2 Å². The number of nitrogens with zero attached hydrogens (tertiary/aromatic N) is 2. The summed E-state index contributed by atoms with van der Waals surface area (Å²) in [5, 5.41) is 14.6. The Morgan fingerprint density at radius 1 is 1.26 bits per heavy atom. The lowest BCUT2D eigenvalue weighted by Gasteiger charge is -2.01. The predicted molar refractivity (Wildman–Crippen MR) is 72.4 cm³/mol. The molecule has 1 aromatic heterocycles. The molecule has 2 aromatic rings. The molecule has 0 unspecified atom stereocenters. The van der Waals surface area contributed by atoms with Gasteiger partial charge in [0.25, 0.3) is 0 Å². The molecule has 0 spiro atoms. The average molecular weight is 259 g/mol. The van der Waals surface area contributed by atoms with Crippen molar-refractivity contribution in [3.05, 3.63) is 57.8 Å². The van der Waals surface area contributed by atoms with Gasteiger partial charge in [-0.1, -0.05) is 17.7 Å². The zero-order chi connectivity index (χ0) is 13.8. The molecule has 0 fully saturated rings. The lowest BCUT2D eigenvalue weighted by Crippen LogP contribution is -1.98. The van der Waals surface area contributed by atoms with E-state index in [4.69, 9.17) is 4.42 Å². The molecular formula is C13H13N3O3. The van der Waals surface area contributed by atoms with Gasteiger partial charge in [0.1, 0.15) is 10.6 Å². The molecule has 2 rings (SSSR count). The van der Waals surface area contributed by atoms with Gasteiger partial charge >= 0.3 is 5.88 Å². The Morgan fingerprint density at radius 3 is 2.53 bits per heavy atom. The van der Waals surface area contributed by atoms with Gasteiger partial charge in [0, 0.05) is 0 Å². The van der Waals surface area contributed by atoms with Crippen LogP contribution in [0.3, 0.4) is 0 Å². The van der Waals surface area contributed by atoms with Crippen LogP contribution >= 0.6 is 0 Å². The van der Waals surface area contributed by atoms with Crippen LogP contribution in [0, 0.1) is 17.0 Å². The van der Waals surface area contributed by atoms with Crippen molar-refractivity contribution in [2.45, 2.75) is 13.8 Å². The molecule has 1 N–H and O–H groups in total. The van der Waals surface area contributed by atoms with Crippen molar-refractivity contribution in [3.8, 4) is 0 Å². The van der Waals surface area contributed by atoms with E-state index in [1.807, 2.05) is 31.2 Å². The molecule has 0 atom stereocenters. The minimum atomic E-state index is -0.579. The summed E-state index contributed by atoms with van der Waals surface area (Å²) in [6.45, 7) is 3.71. The monoisotopic (exact) mass is 259 g/mol. The van der Waals surface area contributed by atoms with Crippen LogP contribution in [-0.2, 0) is 0 Å². The molecule has 98 valence electrons. The molecule has 0 aliphatic heterocycles. The first-order valence-corrected chi connectivity index (χ1v) is 5.68. The van der Waals surface area contributed by atoms with Gasteiger partial charge in [-0.25, -0.2) is 0 Å². The molecule has 0 saturated carbocycles. The van der Waals surface area contributed by atoms with Gasteiger partial charge in [-0.05, 0) is 32.0 Å². The normalized spacial score (nSPS) is 11.4. The van der Waals surface area contributed by atoms with Gasteiger partial charge < -0.3 is 4.42 Å². The van der Waals surface area contributed by atoms with Gasteiger partial charge in [-0.3, -0.25) is 15.5 Å². The number of furan rings is 1. The zero-order valence-corrected chi connectivity index (χ0v) is 10.6. The number of nitro groups is 1. The third-order valence-electron chi connectivity index (χ3n) is 2.53. The van der Waals surface area contributed by atoms with Crippen molar-refractivity contribution in [2.75, 3.05) is 5.43 Å². The first kappa shape index (κ1) is 12.8. The molecule has 6 nitrogen and oxygen atoms in total. The summed E-state index contributed by atoms with van der Waals surface area (Å²) in [5.74, 6) is 0.0752. The predicted octanol–water partition coefficient (Wildman–Crippen LogP) is 3.33. The third-order valence-corrected chi connectivity index (χ3v) is 2.53. The lowest BCUT2D eigenvalue weighted by molar-refractivity contribution is -0.402. The highest BCUT2D eigenvalue weighted by molar-refractivity contribution is 5.96. The minimum absolute atomic E-state index is 0.292. The highest BCUT2D eigenvalue weighted by atomic mass is 16.6. The molecule has 19 heavy (non-hydrogen) atoms. The summed E-state index contributed by atoms with van der Waals surface area (Å²) < 4.78 is 5.04.